The maximum absolute atomic E-state index is 14.2. The quantitative estimate of drug-likeness (QED) is 0.895. The van der Waals surface area contributed by atoms with Crippen LogP contribution in [0.1, 0.15) is 11.1 Å². The highest BCUT2D eigenvalue weighted by atomic mass is 35.5. The molecule has 2 atom stereocenters. The predicted molar refractivity (Wildman–Crippen MR) is 77.9 cm³/mol. The van der Waals surface area contributed by atoms with Gasteiger partial charge in [0.05, 0.1) is 5.41 Å². The summed E-state index contributed by atoms with van der Waals surface area (Å²) in [4.78, 5) is 13.6. The number of aryl methyl sites for hydroxylation is 1. The second-order valence-electron chi connectivity index (χ2n) is 6.12. The van der Waals surface area contributed by atoms with Crippen LogP contribution < -0.4 is 5.32 Å². The number of hydrogen-bond acceptors (Lipinski definition) is 3. The summed E-state index contributed by atoms with van der Waals surface area (Å²) in [6, 6.07) is 3.35. The van der Waals surface area contributed by atoms with Gasteiger partial charge in [0.25, 0.3) is 0 Å². The Hall–Kier alpha value is -1.17. The molecule has 4 nitrogen and oxygen atoms in total. The summed E-state index contributed by atoms with van der Waals surface area (Å²) in [6.45, 7) is 4.33. The first-order valence-corrected chi connectivity index (χ1v) is 7.42. The zero-order chi connectivity index (χ0) is 15.2. The van der Waals surface area contributed by atoms with E-state index < -0.39 is 11.4 Å². The Morgan fingerprint density at radius 3 is 3.05 bits per heavy atom. The minimum atomic E-state index is -0.768. The van der Waals surface area contributed by atoms with E-state index in [4.69, 9.17) is 11.6 Å². The van der Waals surface area contributed by atoms with E-state index in [1.807, 2.05) is 4.90 Å². The minimum absolute atomic E-state index is 0.0710. The van der Waals surface area contributed by atoms with Crippen molar-refractivity contribution in [3.05, 3.63) is 34.1 Å². The van der Waals surface area contributed by atoms with Gasteiger partial charge in [-0.2, -0.15) is 0 Å². The van der Waals surface area contributed by atoms with Gasteiger partial charge in [-0.1, -0.05) is 17.7 Å². The number of fused-ring (bicyclic) bond motifs is 1. The van der Waals surface area contributed by atoms with Crippen LogP contribution in [-0.2, 0) is 11.3 Å². The van der Waals surface area contributed by atoms with E-state index in [0.29, 0.717) is 48.9 Å². The molecule has 2 fully saturated rings. The molecular formula is C15H18ClFN2O2. The van der Waals surface area contributed by atoms with E-state index in [0.717, 1.165) is 0 Å². The summed E-state index contributed by atoms with van der Waals surface area (Å²) in [5.74, 6) is -0.987. The minimum Gasteiger partial charge on any atom is -0.481 e. The van der Waals surface area contributed by atoms with Gasteiger partial charge in [0.2, 0.25) is 0 Å². The van der Waals surface area contributed by atoms with Crippen LogP contribution >= 0.6 is 11.6 Å². The lowest BCUT2D eigenvalue weighted by Crippen LogP contribution is -2.40. The molecule has 2 N–H and O–H groups in total. The molecule has 0 aliphatic carbocycles. The van der Waals surface area contributed by atoms with E-state index >= 15 is 0 Å². The SMILES string of the molecule is Cc1ccc(Cl)c(CN2C[C@@H]3CNC[C@]3(C(=O)O)C2)c1F. The van der Waals surface area contributed by atoms with Crippen LogP contribution in [0.3, 0.4) is 0 Å². The van der Waals surface area contributed by atoms with Crippen molar-refractivity contribution in [2.24, 2.45) is 11.3 Å². The number of carboxylic acid groups (broad SMARTS) is 1. The number of likely N-dealkylation sites (tertiary alicyclic amines) is 1. The average molecular weight is 313 g/mol. The summed E-state index contributed by atoms with van der Waals surface area (Å²) >= 11 is 6.10. The van der Waals surface area contributed by atoms with E-state index in [2.05, 4.69) is 5.32 Å². The van der Waals surface area contributed by atoms with Crippen LogP contribution in [0.4, 0.5) is 4.39 Å². The van der Waals surface area contributed by atoms with E-state index in [-0.39, 0.29) is 11.7 Å². The number of halogens is 2. The third-order valence-electron chi connectivity index (χ3n) is 4.78. The number of carbonyl (C=O) groups is 1. The Morgan fingerprint density at radius 1 is 1.62 bits per heavy atom. The van der Waals surface area contributed by atoms with Crippen LogP contribution in [-0.4, -0.2) is 42.2 Å². The van der Waals surface area contributed by atoms with E-state index in [1.54, 1.807) is 19.1 Å². The number of hydrogen-bond donors (Lipinski definition) is 2. The van der Waals surface area contributed by atoms with Gasteiger partial charge in [-0.25, -0.2) is 4.39 Å². The first-order chi connectivity index (χ1) is 9.94. The topological polar surface area (TPSA) is 52.6 Å². The largest absolute Gasteiger partial charge is 0.481 e. The van der Waals surface area contributed by atoms with Gasteiger partial charge in [0, 0.05) is 49.2 Å². The highest BCUT2D eigenvalue weighted by molar-refractivity contribution is 6.31. The van der Waals surface area contributed by atoms with Crippen LogP contribution in [0.15, 0.2) is 12.1 Å². The lowest BCUT2D eigenvalue weighted by atomic mass is 9.81. The van der Waals surface area contributed by atoms with Crippen molar-refractivity contribution < 1.29 is 14.3 Å². The Bertz CT molecular complexity index is 595. The number of rotatable bonds is 3. The second-order valence-corrected chi connectivity index (χ2v) is 6.52. The zero-order valence-electron chi connectivity index (χ0n) is 11.8. The molecule has 0 aromatic heterocycles. The number of benzene rings is 1. The molecule has 0 saturated carbocycles. The zero-order valence-corrected chi connectivity index (χ0v) is 12.6. The third kappa shape index (κ3) is 2.33. The lowest BCUT2D eigenvalue weighted by Gasteiger charge is -2.23. The number of carboxylic acids is 1. The summed E-state index contributed by atoms with van der Waals surface area (Å²) in [5, 5.41) is 13.1. The fourth-order valence-electron chi connectivity index (χ4n) is 3.53. The van der Waals surface area contributed by atoms with E-state index in [1.165, 1.54) is 0 Å². The summed E-state index contributed by atoms with van der Waals surface area (Å²) in [6.07, 6.45) is 0. The summed E-state index contributed by atoms with van der Waals surface area (Å²) in [5.41, 5.74) is 0.279. The van der Waals surface area contributed by atoms with Crippen molar-refractivity contribution >= 4 is 17.6 Å². The molecule has 114 valence electrons. The molecule has 21 heavy (non-hydrogen) atoms. The smallest absolute Gasteiger partial charge is 0.312 e. The highest BCUT2D eigenvalue weighted by Gasteiger charge is 2.55. The summed E-state index contributed by atoms with van der Waals surface area (Å²) < 4.78 is 14.2. The van der Waals surface area contributed by atoms with Crippen LogP contribution in [0.2, 0.25) is 5.02 Å². The lowest BCUT2D eigenvalue weighted by molar-refractivity contribution is -0.148. The van der Waals surface area contributed by atoms with Crippen LogP contribution in [0.5, 0.6) is 0 Å². The molecule has 2 heterocycles. The number of aliphatic carboxylic acids is 1. The normalized spacial score (nSPS) is 28.8. The molecular weight excluding hydrogens is 295 g/mol. The second kappa shape index (κ2) is 5.23. The highest BCUT2D eigenvalue weighted by Crippen LogP contribution is 2.40. The Morgan fingerprint density at radius 2 is 2.38 bits per heavy atom. The maximum Gasteiger partial charge on any atom is 0.312 e. The van der Waals surface area contributed by atoms with Gasteiger partial charge in [0.1, 0.15) is 5.82 Å². The fraction of sp³-hybridized carbons (Fsp3) is 0.533. The molecule has 0 bridgehead atoms. The first-order valence-electron chi connectivity index (χ1n) is 7.04. The van der Waals surface area contributed by atoms with Gasteiger partial charge < -0.3 is 10.4 Å². The van der Waals surface area contributed by atoms with Crippen molar-refractivity contribution in [1.82, 2.24) is 10.2 Å². The predicted octanol–water partition coefficient (Wildman–Crippen LogP) is 1.89. The van der Waals surface area contributed by atoms with Crippen molar-refractivity contribution in [2.45, 2.75) is 13.5 Å². The fourth-order valence-corrected chi connectivity index (χ4v) is 3.74. The monoisotopic (exact) mass is 312 g/mol. The molecule has 2 aliphatic rings. The van der Waals surface area contributed by atoms with E-state index in [9.17, 15) is 14.3 Å². The van der Waals surface area contributed by atoms with Gasteiger partial charge >= 0.3 is 5.97 Å². The number of nitrogens with zero attached hydrogens (tertiary/aromatic N) is 1. The Balaban J connectivity index is 1.83. The van der Waals surface area contributed by atoms with Crippen molar-refractivity contribution in [3.63, 3.8) is 0 Å². The molecule has 0 spiro atoms. The van der Waals surface area contributed by atoms with Gasteiger partial charge in [-0.15, -0.1) is 0 Å². The molecule has 1 aromatic carbocycles. The molecule has 6 heteroatoms. The van der Waals surface area contributed by atoms with Crippen molar-refractivity contribution in [2.75, 3.05) is 26.2 Å². The van der Waals surface area contributed by atoms with Crippen molar-refractivity contribution in [1.29, 1.82) is 0 Å². The van der Waals surface area contributed by atoms with Crippen molar-refractivity contribution in [3.8, 4) is 0 Å². The molecule has 1 aromatic rings. The molecule has 2 saturated heterocycles. The molecule has 0 amide bonds. The molecule has 0 radical (unpaired) electrons. The first kappa shape index (κ1) is 14.8. The Kier molecular flexibility index (Phi) is 3.67. The van der Waals surface area contributed by atoms with Gasteiger partial charge in [-0.05, 0) is 18.6 Å². The van der Waals surface area contributed by atoms with Gasteiger partial charge in [-0.3, -0.25) is 9.69 Å². The standard InChI is InChI=1S/C15H18ClFN2O2/c1-9-2-3-12(16)11(13(9)17)6-19-5-10-4-18-7-15(10,8-19)14(20)21/h2-3,10,18H,4-8H2,1H3,(H,20,21)/t10-,15-/m0/s1. The third-order valence-corrected chi connectivity index (χ3v) is 5.14. The Labute approximate surface area is 127 Å². The van der Waals surface area contributed by atoms with Gasteiger partial charge in [0.15, 0.2) is 0 Å². The van der Waals surface area contributed by atoms with Crippen LogP contribution in [0, 0.1) is 24.1 Å². The van der Waals surface area contributed by atoms with Crippen LogP contribution in [0.25, 0.3) is 0 Å². The molecule has 2 aliphatic heterocycles. The summed E-state index contributed by atoms with van der Waals surface area (Å²) in [7, 11) is 0. The molecule has 0 unspecified atom stereocenters. The number of nitrogens with one attached hydrogen (secondary N) is 1. The average Bonchev–Trinajstić information content (AvgIpc) is 2.96. The maximum atomic E-state index is 14.2. The molecule has 3 rings (SSSR count).